The molecule has 0 aliphatic heterocycles. The van der Waals surface area contributed by atoms with Crippen LogP contribution in [0.1, 0.15) is 27.4 Å². The molecule has 0 aliphatic rings. The lowest BCUT2D eigenvalue weighted by atomic mass is 10.1. The van der Waals surface area contributed by atoms with Gasteiger partial charge in [0.25, 0.3) is 5.91 Å². The van der Waals surface area contributed by atoms with Crippen LogP contribution in [0.3, 0.4) is 0 Å². The maximum atomic E-state index is 12.9. The Morgan fingerprint density at radius 1 is 1.22 bits per heavy atom. The molecular weight excluding hydrogens is 340 g/mol. The van der Waals surface area contributed by atoms with Gasteiger partial charge < -0.3 is 14.4 Å². The summed E-state index contributed by atoms with van der Waals surface area (Å²) in [7, 11) is 0. The Labute approximate surface area is 156 Å². The van der Waals surface area contributed by atoms with Gasteiger partial charge in [-0.2, -0.15) is 0 Å². The predicted molar refractivity (Wildman–Crippen MR) is 102 cm³/mol. The number of hydrogen-bond donors (Lipinski definition) is 1. The van der Waals surface area contributed by atoms with Gasteiger partial charge in [0.05, 0.1) is 5.69 Å². The van der Waals surface area contributed by atoms with Gasteiger partial charge in [-0.15, -0.1) is 0 Å². The van der Waals surface area contributed by atoms with Gasteiger partial charge in [-0.25, -0.2) is 0 Å². The number of para-hydroxylation sites is 1. The smallest absolute Gasteiger partial charge is 0.292 e. The molecule has 1 amide bonds. The Morgan fingerprint density at radius 3 is 2.89 bits per heavy atom. The molecular formula is C21H20N4O2. The van der Waals surface area contributed by atoms with Crippen molar-refractivity contribution < 1.29 is 9.32 Å². The third-order valence-electron chi connectivity index (χ3n) is 4.55. The SMILES string of the molecule is Cc1cc(C(=O)N(CCc2c[nH]c3ccccc23)Cc2cccnc2)on1. The van der Waals surface area contributed by atoms with Crippen molar-refractivity contribution in [3.05, 3.63) is 83.6 Å². The van der Waals surface area contributed by atoms with Crippen LogP contribution in [0.5, 0.6) is 0 Å². The molecule has 0 saturated carbocycles. The molecule has 0 bridgehead atoms. The van der Waals surface area contributed by atoms with Crippen molar-refractivity contribution in [1.29, 1.82) is 0 Å². The number of fused-ring (bicyclic) bond motifs is 1. The molecule has 1 aromatic carbocycles. The number of nitrogens with one attached hydrogen (secondary N) is 1. The van der Waals surface area contributed by atoms with E-state index >= 15 is 0 Å². The van der Waals surface area contributed by atoms with Crippen molar-refractivity contribution in [3.8, 4) is 0 Å². The van der Waals surface area contributed by atoms with Gasteiger partial charge in [0.2, 0.25) is 5.76 Å². The lowest BCUT2D eigenvalue weighted by Gasteiger charge is -2.21. The molecule has 0 unspecified atom stereocenters. The monoisotopic (exact) mass is 360 g/mol. The van der Waals surface area contributed by atoms with Crippen LogP contribution < -0.4 is 0 Å². The zero-order valence-electron chi connectivity index (χ0n) is 15.1. The van der Waals surface area contributed by atoms with Crippen molar-refractivity contribution >= 4 is 16.8 Å². The first-order valence-electron chi connectivity index (χ1n) is 8.87. The molecule has 4 rings (SSSR count). The predicted octanol–water partition coefficient (Wildman–Crippen LogP) is 3.74. The molecule has 3 heterocycles. The molecule has 6 nitrogen and oxygen atoms in total. The molecule has 0 atom stereocenters. The van der Waals surface area contributed by atoms with Crippen LogP contribution in [-0.2, 0) is 13.0 Å². The summed E-state index contributed by atoms with van der Waals surface area (Å²) in [5.74, 6) is 0.0922. The van der Waals surface area contributed by atoms with Crippen LogP contribution in [0, 0.1) is 6.92 Å². The number of rotatable bonds is 6. The fraction of sp³-hybridized carbons (Fsp3) is 0.190. The Bertz CT molecular complexity index is 1050. The Hall–Kier alpha value is -3.41. The number of carbonyl (C=O) groups is 1. The van der Waals surface area contributed by atoms with Crippen molar-refractivity contribution in [3.63, 3.8) is 0 Å². The van der Waals surface area contributed by atoms with E-state index in [1.807, 2.05) is 30.5 Å². The summed E-state index contributed by atoms with van der Waals surface area (Å²) in [6.07, 6.45) is 6.25. The number of aromatic amines is 1. The van der Waals surface area contributed by atoms with Gasteiger partial charge in [-0.05, 0) is 36.6 Å². The second-order valence-electron chi connectivity index (χ2n) is 6.53. The fourth-order valence-corrected chi connectivity index (χ4v) is 3.18. The van der Waals surface area contributed by atoms with Crippen LogP contribution in [0.4, 0.5) is 0 Å². The summed E-state index contributed by atoms with van der Waals surface area (Å²) in [4.78, 5) is 22.2. The maximum absolute atomic E-state index is 12.9. The van der Waals surface area contributed by atoms with E-state index in [1.165, 1.54) is 10.9 Å². The van der Waals surface area contributed by atoms with Crippen molar-refractivity contribution in [2.45, 2.75) is 19.9 Å². The van der Waals surface area contributed by atoms with Crippen molar-refractivity contribution in [1.82, 2.24) is 20.0 Å². The second kappa shape index (κ2) is 7.45. The van der Waals surface area contributed by atoms with Crippen LogP contribution in [0.25, 0.3) is 10.9 Å². The largest absolute Gasteiger partial charge is 0.361 e. The fourth-order valence-electron chi connectivity index (χ4n) is 3.18. The molecule has 0 spiro atoms. The van der Waals surface area contributed by atoms with E-state index in [1.54, 1.807) is 30.3 Å². The highest BCUT2D eigenvalue weighted by Gasteiger charge is 2.21. The zero-order valence-corrected chi connectivity index (χ0v) is 15.1. The highest BCUT2D eigenvalue weighted by Crippen LogP contribution is 2.19. The second-order valence-corrected chi connectivity index (χ2v) is 6.53. The third kappa shape index (κ3) is 3.74. The Morgan fingerprint density at radius 2 is 2.11 bits per heavy atom. The lowest BCUT2D eigenvalue weighted by molar-refractivity contribution is 0.0703. The molecule has 1 N–H and O–H groups in total. The molecule has 3 aromatic heterocycles. The quantitative estimate of drug-likeness (QED) is 0.568. The van der Waals surface area contributed by atoms with Crippen molar-refractivity contribution in [2.75, 3.05) is 6.54 Å². The first-order valence-corrected chi connectivity index (χ1v) is 8.87. The molecule has 0 radical (unpaired) electrons. The summed E-state index contributed by atoms with van der Waals surface area (Å²) in [5, 5.41) is 5.02. The average molecular weight is 360 g/mol. The highest BCUT2D eigenvalue weighted by atomic mass is 16.5. The van der Waals surface area contributed by atoms with Gasteiger partial charge in [-0.1, -0.05) is 29.4 Å². The van der Waals surface area contributed by atoms with Crippen molar-refractivity contribution in [2.24, 2.45) is 0 Å². The molecule has 0 aliphatic carbocycles. The molecule has 0 saturated heterocycles. The summed E-state index contributed by atoms with van der Waals surface area (Å²) in [6.45, 7) is 2.84. The van der Waals surface area contributed by atoms with E-state index in [4.69, 9.17) is 4.52 Å². The summed E-state index contributed by atoms with van der Waals surface area (Å²) in [6, 6.07) is 13.7. The van der Waals surface area contributed by atoms with E-state index in [9.17, 15) is 4.79 Å². The number of amides is 1. The standard InChI is InChI=1S/C21H20N4O2/c1-15-11-20(27-24-15)21(26)25(14-16-5-4-9-22-12-16)10-8-17-13-23-19-7-3-2-6-18(17)19/h2-7,9,11-13,23H,8,10,14H2,1H3. The first kappa shape index (κ1) is 17.0. The summed E-state index contributed by atoms with van der Waals surface area (Å²) < 4.78 is 5.19. The number of pyridine rings is 1. The van der Waals surface area contributed by atoms with E-state index in [2.05, 4.69) is 27.3 Å². The number of aryl methyl sites for hydroxylation is 1. The minimum absolute atomic E-state index is 0.167. The van der Waals surface area contributed by atoms with E-state index < -0.39 is 0 Å². The van der Waals surface area contributed by atoms with Crippen LogP contribution in [0.15, 0.2) is 65.6 Å². The normalized spacial score (nSPS) is 11.0. The molecule has 6 heteroatoms. The Balaban J connectivity index is 1.56. The molecule has 27 heavy (non-hydrogen) atoms. The zero-order chi connectivity index (χ0) is 18.6. The van der Waals surface area contributed by atoms with E-state index in [0.29, 0.717) is 18.8 Å². The average Bonchev–Trinajstić information content (AvgIpc) is 3.32. The van der Waals surface area contributed by atoms with E-state index in [0.717, 1.165) is 17.5 Å². The number of hydrogen-bond acceptors (Lipinski definition) is 4. The molecule has 136 valence electrons. The van der Waals surface area contributed by atoms with Gasteiger partial charge >= 0.3 is 0 Å². The van der Waals surface area contributed by atoms with Gasteiger partial charge in [0.1, 0.15) is 0 Å². The molecule has 0 fully saturated rings. The van der Waals surface area contributed by atoms with Crippen LogP contribution >= 0.6 is 0 Å². The number of nitrogens with zero attached hydrogens (tertiary/aromatic N) is 3. The highest BCUT2D eigenvalue weighted by molar-refractivity contribution is 5.91. The van der Waals surface area contributed by atoms with Gasteiger partial charge in [-0.3, -0.25) is 9.78 Å². The van der Waals surface area contributed by atoms with Gasteiger partial charge in [0.15, 0.2) is 0 Å². The third-order valence-corrected chi connectivity index (χ3v) is 4.55. The Kier molecular flexibility index (Phi) is 4.70. The first-order chi connectivity index (χ1) is 13.2. The van der Waals surface area contributed by atoms with Gasteiger partial charge in [0, 0.05) is 48.6 Å². The number of aromatic nitrogens is 3. The van der Waals surface area contributed by atoms with E-state index in [-0.39, 0.29) is 11.7 Å². The minimum Gasteiger partial charge on any atom is -0.361 e. The minimum atomic E-state index is -0.167. The number of H-pyrrole nitrogens is 1. The topological polar surface area (TPSA) is 75.0 Å². The van der Waals surface area contributed by atoms with Crippen LogP contribution in [-0.4, -0.2) is 32.5 Å². The summed E-state index contributed by atoms with van der Waals surface area (Å²) >= 11 is 0. The number of benzene rings is 1. The maximum Gasteiger partial charge on any atom is 0.292 e. The van der Waals surface area contributed by atoms with Crippen LogP contribution in [0.2, 0.25) is 0 Å². The lowest BCUT2D eigenvalue weighted by Crippen LogP contribution is -2.32. The summed E-state index contributed by atoms with van der Waals surface area (Å²) in [5.41, 5.74) is 3.95. The molecule has 4 aromatic rings. The number of carbonyl (C=O) groups excluding carboxylic acids is 1.